The van der Waals surface area contributed by atoms with E-state index in [1.807, 2.05) is 39.0 Å². The second-order valence-corrected chi connectivity index (χ2v) is 3.94. The van der Waals surface area contributed by atoms with Gasteiger partial charge >= 0.3 is 0 Å². The number of aryl methyl sites for hydroxylation is 1. The third kappa shape index (κ3) is 1.65. The number of hydrazone groups is 1. The van der Waals surface area contributed by atoms with E-state index >= 15 is 0 Å². The third-order valence-corrected chi connectivity index (χ3v) is 2.72. The van der Waals surface area contributed by atoms with Crippen LogP contribution in [-0.4, -0.2) is 11.6 Å². The Labute approximate surface area is 89.4 Å². The van der Waals surface area contributed by atoms with E-state index in [1.165, 1.54) is 10.6 Å². The molecule has 1 amide bonds. The van der Waals surface area contributed by atoms with Crippen molar-refractivity contribution in [3.05, 3.63) is 29.3 Å². The Balaban J connectivity index is 2.46. The summed E-state index contributed by atoms with van der Waals surface area (Å²) in [7, 11) is 0. The highest BCUT2D eigenvalue weighted by molar-refractivity contribution is 6.12. The van der Waals surface area contributed by atoms with E-state index in [0.29, 0.717) is 6.42 Å². The van der Waals surface area contributed by atoms with Crippen molar-refractivity contribution in [2.75, 3.05) is 5.01 Å². The maximum atomic E-state index is 11.7. The molecule has 0 atom stereocenters. The Morgan fingerprint density at radius 1 is 1.27 bits per heavy atom. The lowest BCUT2D eigenvalue weighted by molar-refractivity contribution is -0.116. The van der Waals surface area contributed by atoms with Crippen molar-refractivity contribution in [2.45, 2.75) is 27.2 Å². The van der Waals surface area contributed by atoms with Gasteiger partial charge < -0.3 is 0 Å². The van der Waals surface area contributed by atoms with Crippen LogP contribution in [0.1, 0.15) is 24.5 Å². The maximum absolute atomic E-state index is 11.7. The number of anilines is 1. The number of hydrogen-bond donors (Lipinski definition) is 0. The van der Waals surface area contributed by atoms with E-state index in [2.05, 4.69) is 5.10 Å². The lowest BCUT2D eigenvalue weighted by atomic mass is 10.1. The minimum atomic E-state index is 0.0567. The summed E-state index contributed by atoms with van der Waals surface area (Å²) >= 11 is 0. The minimum Gasteiger partial charge on any atom is -0.272 e. The highest BCUT2D eigenvalue weighted by atomic mass is 16.2. The first-order valence-electron chi connectivity index (χ1n) is 5.03. The van der Waals surface area contributed by atoms with Crippen molar-refractivity contribution in [3.63, 3.8) is 0 Å². The normalized spacial score (nSPS) is 15.8. The van der Waals surface area contributed by atoms with Gasteiger partial charge in [0.1, 0.15) is 0 Å². The summed E-state index contributed by atoms with van der Waals surface area (Å²) in [6.45, 7) is 5.93. The average molecular weight is 202 g/mol. The molecule has 0 aliphatic carbocycles. The van der Waals surface area contributed by atoms with E-state index in [4.69, 9.17) is 0 Å². The molecule has 15 heavy (non-hydrogen) atoms. The monoisotopic (exact) mass is 202 g/mol. The van der Waals surface area contributed by atoms with E-state index in [0.717, 1.165) is 17.0 Å². The molecule has 0 N–H and O–H groups in total. The van der Waals surface area contributed by atoms with Gasteiger partial charge in [0, 0.05) is 5.71 Å². The lowest BCUT2D eigenvalue weighted by Crippen LogP contribution is -2.20. The number of rotatable bonds is 1. The van der Waals surface area contributed by atoms with Gasteiger partial charge in [0.25, 0.3) is 5.91 Å². The predicted octanol–water partition coefficient (Wildman–Crippen LogP) is 2.42. The second-order valence-electron chi connectivity index (χ2n) is 3.94. The van der Waals surface area contributed by atoms with Crippen LogP contribution in [0.2, 0.25) is 0 Å². The van der Waals surface area contributed by atoms with Crippen molar-refractivity contribution in [1.29, 1.82) is 0 Å². The molecule has 0 spiro atoms. The standard InChI is InChI=1S/C12H14N2O/c1-8-5-4-6-11(10(8)3)14-12(15)7-9(2)13-14/h4-6H,7H2,1-3H3. The van der Waals surface area contributed by atoms with Crippen molar-refractivity contribution in [3.8, 4) is 0 Å². The minimum absolute atomic E-state index is 0.0567. The molecule has 0 saturated heterocycles. The summed E-state index contributed by atoms with van der Waals surface area (Å²) in [6.07, 6.45) is 0.438. The zero-order valence-electron chi connectivity index (χ0n) is 9.24. The summed E-state index contributed by atoms with van der Waals surface area (Å²) in [6, 6.07) is 5.92. The van der Waals surface area contributed by atoms with Gasteiger partial charge in [0.15, 0.2) is 0 Å². The van der Waals surface area contributed by atoms with Gasteiger partial charge in [0.05, 0.1) is 12.1 Å². The Kier molecular flexibility index (Phi) is 2.31. The van der Waals surface area contributed by atoms with Gasteiger partial charge in [-0.15, -0.1) is 0 Å². The molecule has 78 valence electrons. The maximum Gasteiger partial charge on any atom is 0.253 e. The molecule has 3 nitrogen and oxygen atoms in total. The molecule has 1 aliphatic rings. The van der Waals surface area contributed by atoms with Gasteiger partial charge in [-0.1, -0.05) is 12.1 Å². The van der Waals surface area contributed by atoms with Gasteiger partial charge in [-0.25, -0.2) is 5.01 Å². The quantitative estimate of drug-likeness (QED) is 0.688. The smallest absolute Gasteiger partial charge is 0.253 e. The fraction of sp³-hybridized carbons (Fsp3) is 0.333. The first-order chi connectivity index (χ1) is 7.09. The molecule has 2 rings (SSSR count). The summed E-state index contributed by atoms with van der Waals surface area (Å²) in [5.41, 5.74) is 4.07. The first kappa shape index (κ1) is 9.90. The number of hydrogen-bond acceptors (Lipinski definition) is 2. The summed E-state index contributed by atoms with van der Waals surface area (Å²) < 4.78 is 0. The Morgan fingerprint density at radius 2 is 2.00 bits per heavy atom. The highest BCUT2D eigenvalue weighted by Crippen LogP contribution is 2.26. The predicted molar refractivity (Wildman–Crippen MR) is 61.1 cm³/mol. The van der Waals surface area contributed by atoms with Crippen molar-refractivity contribution in [2.24, 2.45) is 5.10 Å². The van der Waals surface area contributed by atoms with Crippen LogP contribution in [0.25, 0.3) is 0 Å². The lowest BCUT2D eigenvalue weighted by Gasteiger charge is -2.15. The van der Waals surface area contributed by atoms with Crippen LogP contribution in [0, 0.1) is 13.8 Å². The number of benzene rings is 1. The molecular weight excluding hydrogens is 188 g/mol. The zero-order valence-corrected chi connectivity index (χ0v) is 9.24. The van der Waals surface area contributed by atoms with Gasteiger partial charge in [-0.3, -0.25) is 4.79 Å². The van der Waals surface area contributed by atoms with Gasteiger partial charge in [0.2, 0.25) is 0 Å². The first-order valence-corrected chi connectivity index (χ1v) is 5.03. The summed E-state index contributed by atoms with van der Waals surface area (Å²) in [5, 5.41) is 5.75. The Hall–Kier alpha value is -1.64. The summed E-state index contributed by atoms with van der Waals surface area (Å²) in [4.78, 5) is 11.7. The van der Waals surface area contributed by atoms with Crippen LogP contribution in [0.15, 0.2) is 23.3 Å². The Bertz CT molecular complexity index is 449. The van der Waals surface area contributed by atoms with E-state index in [9.17, 15) is 4.79 Å². The number of amides is 1. The van der Waals surface area contributed by atoms with Crippen LogP contribution in [0.4, 0.5) is 5.69 Å². The Morgan fingerprint density at radius 3 is 2.60 bits per heavy atom. The number of nitrogens with zero attached hydrogens (tertiary/aromatic N) is 2. The topological polar surface area (TPSA) is 32.7 Å². The molecule has 0 unspecified atom stereocenters. The molecule has 1 aliphatic heterocycles. The number of carbonyl (C=O) groups excluding carboxylic acids is 1. The van der Waals surface area contributed by atoms with Crippen LogP contribution >= 0.6 is 0 Å². The SMILES string of the molecule is CC1=NN(c2cccc(C)c2C)C(=O)C1. The van der Waals surface area contributed by atoms with E-state index in [-0.39, 0.29) is 5.91 Å². The third-order valence-electron chi connectivity index (χ3n) is 2.72. The molecule has 3 heteroatoms. The van der Waals surface area contributed by atoms with Crippen molar-refractivity contribution >= 4 is 17.3 Å². The highest BCUT2D eigenvalue weighted by Gasteiger charge is 2.23. The van der Waals surface area contributed by atoms with Gasteiger partial charge in [-0.2, -0.15) is 5.10 Å². The molecule has 1 aromatic carbocycles. The molecule has 1 heterocycles. The largest absolute Gasteiger partial charge is 0.272 e. The second kappa shape index (κ2) is 3.50. The van der Waals surface area contributed by atoms with Crippen molar-refractivity contribution in [1.82, 2.24) is 0 Å². The molecule has 0 aromatic heterocycles. The van der Waals surface area contributed by atoms with Crippen LogP contribution in [0.5, 0.6) is 0 Å². The molecule has 0 bridgehead atoms. The fourth-order valence-corrected chi connectivity index (χ4v) is 1.71. The van der Waals surface area contributed by atoms with Crippen molar-refractivity contribution < 1.29 is 4.79 Å². The molecule has 0 saturated carbocycles. The number of carbonyl (C=O) groups is 1. The molecule has 0 radical (unpaired) electrons. The zero-order chi connectivity index (χ0) is 11.0. The fourth-order valence-electron chi connectivity index (χ4n) is 1.71. The van der Waals surface area contributed by atoms with Gasteiger partial charge in [-0.05, 0) is 38.0 Å². The van der Waals surface area contributed by atoms with Crippen LogP contribution < -0.4 is 5.01 Å². The van der Waals surface area contributed by atoms with E-state index in [1.54, 1.807) is 0 Å². The van der Waals surface area contributed by atoms with Crippen LogP contribution in [-0.2, 0) is 4.79 Å². The average Bonchev–Trinajstić information content (AvgIpc) is 2.50. The summed E-state index contributed by atoms with van der Waals surface area (Å²) in [5.74, 6) is 0.0567. The molecule has 1 aromatic rings. The van der Waals surface area contributed by atoms with E-state index < -0.39 is 0 Å². The molecular formula is C12H14N2O. The van der Waals surface area contributed by atoms with Crippen LogP contribution in [0.3, 0.4) is 0 Å². The molecule has 0 fully saturated rings.